The molecular formula is C20H20Cl2N3O2+. The monoisotopic (exact) mass is 404 g/mol. The van der Waals surface area contributed by atoms with E-state index >= 15 is 0 Å². The van der Waals surface area contributed by atoms with Gasteiger partial charge in [-0.15, -0.1) is 0 Å². The maximum absolute atomic E-state index is 12.9. The number of hydrogen-bond acceptors (Lipinski definition) is 3. The van der Waals surface area contributed by atoms with Crippen molar-refractivity contribution in [2.45, 2.75) is 12.5 Å². The number of benzene rings is 2. The third-order valence-electron chi connectivity index (χ3n) is 5.30. The molecule has 2 heterocycles. The van der Waals surface area contributed by atoms with Gasteiger partial charge < -0.3 is 9.80 Å². The molecule has 27 heavy (non-hydrogen) atoms. The van der Waals surface area contributed by atoms with Gasteiger partial charge in [-0.1, -0.05) is 29.3 Å². The second-order valence-electron chi connectivity index (χ2n) is 6.93. The number of carbonyl (C=O) groups excluding carboxylic acids is 2. The Morgan fingerprint density at radius 3 is 2.26 bits per heavy atom. The van der Waals surface area contributed by atoms with Gasteiger partial charge >= 0.3 is 0 Å². The van der Waals surface area contributed by atoms with Gasteiger partial charge in [-0.3, -0.25) is 9.59 Å². The number of hydrogen-bond donors (Lipinski definition) is 1. The highest BCUT2D eigenvalue weighted by molar-refractivity contribution is 6.31. The van der Waals surface area contributed by atoms with Crippen LogP contribution in [0.4, 0.5) is 11.4 Å². The van der Waals surface area contributed by atoms with Crippen LogP contribution in [0.25, 0.3) is 0 Å². The molecule has 0 radical (unpaired) electrons. The molecule has 2 aliphatic rings. The summed E-state index contributed by atoms with van der Waals surface area (Å²) < 4.78 is 0. The fourth-order valence-electron chi connectivity index (χ4n) is 3.89. The molecule has 1 atom stereocenters. The summed E-state index contributed by atoms with van der Waals surface area (Å²) in [5.74, 6) is -0.259. The van der Waals surface area contributed by atoms with Crippen molar-refractivity contribution in [3.63, 3.8) is 0 Å². The van der Waals surface area contributed by atoms with Gasteiger partial charge in [0.15, 0.2) is 6.04 Å². The summed E-state index contributed by atoms with van der Waals surface area (Å²) in [5.41, 5.74) is 1.69. The van der Waals surface area contributed by atoms with E-state index in [1.165, 1.54) is 9.80 Å². The normalized spacial score (nSPS) is 21.2. The first-order valence-electron chi connectivity index (χ1n) is 9.00. The molecule has 0 aliphatic carbocycles. The van der Waals surface area contributed by atoms with Gasteiger partial charge in [0, 0.05) is 15.7 Å². The zero-order valence-corrected chi connectivity index (χ0v) is 16.2. The Balaban J connectivity index is 1.43. The van der Waals surface area contributed by atoms with E-state index in [0.29, 0.717) is 10.7 Å². The Labute approximate surface area is 168 Å². The van der Waals surface area contributed by atoms with Gasteiger partial charge in [0.2, 0.25) is 5.91 Å². The van der Waals surface area contributed by atoms with Gasteiger partial charge in [0.05, 0.1) is 38.3 Å². The van der Waals surface area contributed by atoms with Crippen molar-refractivity contribution in [2.24, 2.45) is 0 Å². The van der Waals surface area contributed by atoms with E-state index in [9.17, 15) is 9.59 Å². The molecule has 4 rings (SSSR count). The predicted octanol–water partition coefficient (Wildman–Crippen LogP) is 2.03. The summed E-state index contributed by atoms with van der Waals surface area (Å²) in [4.78, 5) is 30.1. The molecule has 1 unspecified atom stereocenters. The molecule has 140 valence electrons. The van der Waals surface area contributed by atoms with Crippen LogP contribution < -0.4 is 14.7 Å². The molecule has 0 spiro atoms. The van der Waals surface area contributed by atoms with Crippen LogP contribution in [0.3, 0.4) is 0 Å². The highest BCUT2D eigenvalue weighted by atomic mass is 35.5. The number of quaternary nitrogens is 1. The van der Waals surface area contributed by atoms with Crippen LogP contribution in [-0.2, 0) is 9.59 Å². The summed E-state index contributed by atoms with van der Waals surface area (Å²) in [6, 6.07) is 14.3. The van der Waals surface area contributed by atoms with Crippen LogP contribution in [0.5, 0.6) is 0 Å². The van der Waals surface area contributed by atoms with Crippen LogP contribution in [0, 0.1) is 0 Å². The fourth-order valence-corrected chi connectivity index (χ4v) is 4.20. The van der Waals surface area contributed by atoms with Crippen LogP contribution >= 0.6 is 23.2 Å². The smallest absolute Gasteiger partial charge is 0.292 e. The highest BCUT2D eigenvalue weighted by Crippen LogP contribution is 2.24. The van der Waals surface area contributed by atoms with Crippen molar-refractivity contribution in [3.8, 4) is 0 Å². The summed E-state index contributed by atoms with van der Waals surface area (Å²) in [7, 11) is 0. The minimum absolute atomic E-state index is 0.117. The lowest BCUT2D eigenvalue weighted by atomic mass is 10.1. The Morgan fingerprint density at radius 1 is 0.889 bits per heavy atom. The molecule has 7 heteroatoms. The van der Waals surface area contributed by atoms with E-state index < -0.39 is 0 Å². The Kier molecular flexibility index (Phi) is 5.08. The first-order valence-corrected chi connectivity index (χ1v) is 9.76. The third kappa shape index (κ3) is 3.68. The van der Waals surface area contributed by atoms with Crippen LogP contribution in [0.2, 0.25) is 10.0 Å². The molecule has 2 fully saturated rings. The Hall–Kier alpha value is -2.08. The molecule has 2 amide bonds. The third-order valence-corrected chi connectivity index (χ3v) is 5.79. The van der Waals surface area contributed by atoms with Crippen molar-refractivity contribution in [3.05, 3.63) is 58.6 Å². The lowest BCUT2D eigenvalue weighted by Gasteiger charge is -2.35. The quantitative estimate of drug-likeness (QED) is 0.796. The number of halogens is 2. The van der Waals surface area contributed by atoms with E-state index in [1.54, 1.807) is 24.3 Å². The van der Waals surface area contributed by atoms with Gasteiger partial charge in [-0.2, -0.15) is 0 Å². The van der Waals surface area contributed by atoms with Gasteiger partial charge in [-0.05, 0) is 42.5 Å². The molecule has 0 aromatic heterocycles. The Morgan fingerprint density at radius 2 is 1.59 bits per heavy atom. The summed E-state index contributed by atoms with van der Waals surface area (Å²) in [6.45, 7) is 3.28. The average Bonchev–Trinajstić information content (AvgIpc) is 2.97. The summed E-state index contributed by atoms with van der Waals surface area (Å²) in [6.07, 6.45) is 0.258. The molecule has 2 aliphatic heterocycles. The molecule has 2 aromatic carbocycles. The number of nitrogens with zero attached hydrogens (tertiary/aromatic N) is 2. The highest BCUT2D eigenvalue weighted by Gasteiger charge is 2.46. The fraction of sp³-hybridized carbons (Fsp3) is 0.300. The molecular weight excluding hydrogens is 385 g/mol. The van der Waals surface area contributed by atoms with E-state index in [2.05, 4.69) is 4.90 Å². The van der Waals surface area contributed by atoms with Crippen molar-refractivity contribution >= 4 is 46.4 Å². The van der Waals surface area contributed by atoms with Crippen LogP contribution in [0.15, 0.2) is 48.5 Å². The zero-order chi connectivity index (χ0) is 19.0. The van der Waals surface area contributed by atoms with Gasteiger partial charge in [0.25, 0.3) is 5.91 Å². The lowest BCUT2D eigenvalue weighted by Crippen LogP contribution is -3.19. The Bertz CT molecular complexity index is 864. The van der Waals surface area contributed by atoms with E-state index in [-0.39, 0.29) is 24.3 Å². The number of imide groups is 1. The van der Waals surface area contributed by atoms with E-state index in [1.807, 2.05) is 24.3 Å². The molecule has 0 bridgehead atoms. The van der Waals surface area contributed by atoms with Crippen LogP contribution in [-0.4, -0.2) is 44.0 Å². The number of anilines is 2. The van der Waals surface area contributed by atoms with Gasteiger partial charge in [0.1, 0.15) is 0 Å². The number of amides is 2. The second-order valence-corrected chi connectivity index (χ2v) is 7.80. The van der Waals surface area contributed by atoms with Crippen molar-refractivity contribution in [2.75, 3.05) is 36.0 Å². The van der Waals surface area contributed by atoms with E-state index in [4.69, 9.17) is 23.2 Å². The molecule has 5 nitrogen and oxygen atoms in total. The van der Waals surface area contributed by atoms with E-state index in [0.717, 1.165) is 36.9 Å². The maximum atomic E-state index is 12.9. The number of carbonyl (C=O) groups is 2. The lowest BCUT2D eigenvalue weighted by molar-refractivity contribution is -0.915. The molecule has 0 saturated carbocycles. The van der Waals surface area contributed by atoms with Crippen molar-refractivity contribution in [1.29, 1.82) is 0 Å². The largest absolute Gasteiger partial charge is 0.360 e. The summed E-state index contributed by atoms with van der Waals surface area (Å²) >= 11 is 12.0. The molecule has 2 aromatic rings. The van der Waals surface area contributed by atoms with Crippen LogP contribution in [0.1, 0.15) is 6.42 Å². The minimum atomic E-state index is -0.310. The second kappa shape index (κ2) is 7.50. The zero-order valence-electron chi connectivity index (χ0n) is 14.7. The standard InChI is InChI=1S/C20H19Cl2N3O2/c21-14-4-6-16(7-5-14)25-19(26)13-18(20(25)27)24-10-8-23(9-11-24)17-3-1-2-15(22)12-17/h1-7,12,18H,8-11,13H2/p+1. The molecule has 2 saturated heterocycles. The minimum Gasteiger partial charge on any atom is -0.360 e. The molecule has 1 N–H and O–H groups in total. The number of nitrogens with one attached hydrogen (secondary N) is 1. The number of rotatable bonds is 3. The SMILES string of the molecule is O=C1CC([NH+]2CCN(c3cccc(Cl)c3)CC2)C(=O)N1c1ccc(Cl)cc1. The summed E-state index contributed by atoms with van der Waals surface area (Å²) in [5, 5.41) is 1.30. The number of piperazine rings is 1. The average molecular weight is 405 g/mol. The topological polar surface area (TPSA) is 45.1 Å². The first-order chi connectivity index (χ1) is 13.0. The van der Waals surface area contributed by atoms with Crippen molar-refractivity contribution in [1.82, 2.24) is 0 Å². The maximum Gasteiger partial charge on any atom is 0.292 e. The first kappa shape index (κ1) is 18.3. The predicted molar refractivity (Wildman–Crippen MR) is 107 cm³/mol. The van der Waals surface area contributed by atoms with Gasteiger partial charge in [-0.25, -0.2) is 4.90 Å². The van der Waals surface area contributed by atoms with Crippen molar-refractivity contribution < 1.29 is 14.5 Å².